The molecular weight excluding hydrogens is 417 g/mol. The van der Waals surface area contributed by atoms with Crippen LogP contribution in [0, 0.1) is 5.82 Å². The van der Waals surface area contributed by atoms with Crippen LogP contribution in [0.5, 0.6) is 11.5 Å². The standard InChI is InChI=1S/C24H18FNO4S/c25-19-9-6-17(7-10-19)14-29-20-11-8-18(12-22-23(27)26-24(28)31-22)21(13-20)30-15-16-4-2-1-3-5-16/h1-13H,14-15H2,(H,26,27,28)/b22-12-. The van der Waals surface area contributed by atoms with E-state index in [1.807, 2.05) is 30.3 Å². The first-order valence-corrected chi connectivity index (χ1v) is 10.3. The molecule has 0 bridgehead atoms. The third-order valence-corrected chi connectivity index (χ3v) is 5.28. The van der Waals surface area contributed by atoms with Crippen molar-refractivity contribution >= 4 is 29.0 Å². The molecule has 0 radical (unpaired) electrons. The maximum absolute atomic E-state index is 13.1. The van der Waals surface area contributed by atoms with Crippen molar-refractivity contribution in [2.75, 3.05) is 0 Å². The van der Waals surface area contributed by atoms with E-state index in [2.05, 4.69) is 5.32 Å². The molecule has 2 amide bonds. The first kappa shape index (κ1) is 20.7. The fourth-order valence-electron chi connectivity index (χ4n) is 2.89. The topological polar surface area (TPSA) is 64.6 Å². The molecule has 0 atom stereocenters. The normalized spacial score (nSPS) is 14.5. The van der Waals surface area contributed by atoms with Crippen molar-refractivity contribution in [1.29, 1.82) is 0 Å². The van der Waals surface area contributed by atoms with Crippen molar-refractivity contribution in [3.05, 3.63) is 100 Å². The summed E-state index contributed by atoms with van der Waals surface area (Å²) in [6, 6.07) is 21.0. The van der Waals surface area contributed by atoms with Gasteiger partial charge in [-0.1, -0.05) is 42.5 Å². The van der Waals surface area contributed by atoms with Gasteiger partial charge in [0.15, 0.2) is 0 Å². The van der Waals surface area contributed by atoms with Crippen molar-refractivity contribution in [3.8, 4) is 11.5 Å². The van der Waals surface area contributed by atoms with Crippen LogP contribution in [-0.4, -0.2) is 11.1 Å². The Balaban J connectivity index is 1.56. The zero-order valence-electron chi connectivity index (χ0n) is 16.3. The summed E-state index contributed by atoms with van der Waals surface area (Å²) >= 11 is 0.849. The van der Waals surface area contributed by atoms with Crippen LogP contribution in [0.15, 0.2) is 77.7 Å². The van der Waals surface area contributed by atoms with Crippen LogP contribution in [0.25, 0.3) is 6.08 Å². The van der Waals surface area contributed by atoms with E-state index in [1.165, 1.54) is 12.1 Å². The Morgan fingerprint density at radius 1 is 0.871 bits per heavy atom. The van der Waals surface area contributed by atoms with E-state index in [0.717, 1.165) is 22.9 Å². The van der Waals surface area contributed by atoms with Gasteiger partial charge >= 0.3 is 0 Å². The molecule has 7 heteroatoms. The molecule has 31 heavy (non-hydrogen) atoms. The predicted molar refractivity (Wildman–Crippen MR) is 117 cm³/mol. The highest BCUT2D eigenvalue weighted by Gasteiger charge is 2.25. The molecule has 1 heterocycles. The van der Waals surface area contributed by atoms with Gasteiger partial charge in [-0.2, -0.15) is 0 Å². The molecule has 1 saturated heterocycles. The third-order valence-electron chi connectivity index (χ3n) is 4.47. The number of carbonyl (C=O) groups excluding carboxylic acids is 2. The van der Waals surface area contributed by atoms with E-state index in [1.54, 1.807) is 36.4 Å². The molecule has 156 valence electrons. The van der Waals surface area contributed by atoms with Crippen molar-refractivity contribution in [1.82, 2.24) is 5.32 Å². The molecule has 3 aromatic rings. The minimum Gasteiger partial charge on any atom is -0.489 e. The highest BCUT2D eigenvalue weighted by Crippen LogP contribution is 2.32. The summed E-state index contributed by atoms with van der Waals surface area (Å²) < 4.78 is 24.9. The first-order chi connectivity index (χ1) is 15.1. The average molecular weight is 435 g/mol. The molecular formula is C24H18FNO4S. The minimum atomic E-state index is -0.430. The van der Waals surface area contributed by atoms with Crippen LogP contribution in [0.1, 0.15) is 16.7 Å². The van der Waals surface area contributed by atoms with E-state index in [4.69, 9.17) is 9.47 Å². The number of imide groups is 1. The summed E-state index contributed by atoms with van der Waals surface area (Å²) in [6.45, 7) is 0.600. The smallest absolute Gasteiger partial charge is 0.290 e. The summed E-state index contributed by atoms with van der Waals surface area (Å²) in [6.07, 6.45) is 1.62. The maximum atomic E-state index is 13.1. The Morgan fingerprint density at radius 3 is 2.29 bits per heavy atom. The number of thioether (sulfide) groups is 1. The van der Waals surface area contributed by atoms with Crippen LogP contribution >= 0.6 is 11.8 Å². The molecule has 3 aromatic carbocycles. The number of halogens is 1. The number of rotatable bonds is 7. The minimum absolute atomic E-state index is 0.269. The van der Waals surface area contributed by atoms with Crippen molar-refractivity contribution in [2.24, 2.45) is 0 Å². The van der Waals surface area contributed by atoms with Crippen molar-refractivity contribution < 1.29 is 23.5 Å². The van der Waals surface area contributed by atoms with Gasteiger partial charge in [0.2, 0.25) is 0 Å². The molecule has 1 aliphatic heterocycles. The van der Waals surface area contributed by atoms with Gasteiger partial charge in [0.05, 0.1) is 4.91 Å². The van der Waals surface area contributed by atoms with Crippen LogP contribution in [0.3, 0.4) is 0 Å². The second-order valence-corrected chi connectivity index (χ2v) is 7.76. The van der Waals surface area contributed by atoms with Gasteiger partial charge in [-0.05, 0) is 53.2 Å². The Kier molecular flexibility index (Phi) is 6.33. The van der Waals surface area contributed by atoms with Gasteiger partial charge in [-0.25, -0.2) is 4.39 Å². The van der Waals surface area contributed by atoms with Gasteiger partial charge in [-0.3, -0.25) is 14.9 Å². The molecule has 1 fully saturated rings. The second-order valence-electron chi connectivity index (χ2n) is 6.74. The molecule has 0 aromatic heterocycles. The summed E-state index contributed by atoms with van der Waals surface area (Å²) in [5, 5.41) is 1.84. The lowest BCUT2D eigenvalue weighted by Gasteiger charge is -2.13. The highest BCUT2D eigenvalue weighted by molar-refractivity contribution is 8.18. The van der Waals surface area contributed by atoms with E-state index >= 15 is 0 Å². The predicted octanol–water partition coefficient (Wildman–Crippen LogP) is 5.31. The largest absolute Gasteiger partial charge is 0.489 e. The summed E-state index contributed by atoms with van der Waals surface area (Å²) in [5.41, 5.74) is 2.47. The number of carbonyl (C=O) groups is 2. The second kappa shape index (κ2) is 9.49. The van der Waals surface area contributed by atoms with E-state index in [0.29, 0.717) is 28.6 Å². The Morgan fingerprint density at radius 2 is 1.58 bits per heavy atom. The summed E-state index contributed by atoms with van der Waals surface area (Å²) in [4.78, 5) is 23.7. The van der Waals surface area contributed by atoms with Gasteiger partial charge in [0, 0.05) is 11.6 Å². The third kappa shape index (κ3) is 5.52. The molecule has 0 spiro atoms. The van der Waals surface area contributed by atoms with Crippen molar-refractivity contribution in [3.63, 3.8) is 0 Å². The van der Waals surface area contributed by atoms with Crippen LogP contribution < -0.4 is 14.8 Å². The lowest BCUT2D eigenvalue weighted by Crippen LogP contribution is -2.17. The SMILES string of the molecule is O=C1NC(=O)/C(=C/c2ccc(OCc3ccc(F)cc3)cc2OCc2ccccc2)S1. The fourth-order valence-corrected chi connectivity index (χ4v) is 3.57. The molecule has 0 aliphatic carbocycles. The fraction of sp³-hybridized carbons (Fsp3) is 0.0833. The lowest BCUT2D eigenvalue weighted by atomic mass is 10.1. The zero-order chi connectivity index (χ0) is 21.6. The van der Waals surface area contributed by atoms with Crippen LogP contribution in [0.4, 0.5) is 9.18 Å². The van der Waals surface area contributed by atoms with Gasteiger partial charge in [-0.15, -0.1) is 0 Å². The Labute approximate surface area is 182 Å². The molecule has 4 rings (SSSR count). The first-order valence-electron chi connectivity index (χ1n) is 9.50. The molecule has 5 nitrogen and oxygen atoms in total. The number of nitrogens with one attached hydrogen (secondary N) is 1. The van der Waals surface area contributed by atoms with Gasteiger partial charge < -0.3 is 9.47 Å². The van der Waals surface area contributed by atoms with Gasteiger partial charge in [0.1, 0.15) is 30.5 Å². The summed E-state index contributed by atoms with van der Waals surface area (Å²) in [5.74, 6) is 0.348. The quantitative estimate of drug-likeness (QED) is 0.510. The average Bonchev–Trinajstić information content (AvgIpc) is 3.10. The molecule has 0 unspecified atom stereocenters. The molecule has 0 saturated carbocycles. The number of amides is 2. The van der Waals surface area contributed by atoms with Crippen molar-refractivity contribution in [2.45, 2.75) is 13.2 Å². The number of benzene rings is 3. The zero-order valence-corrected chi connectivity index (χ0v) is 17.2. The van der Waals surface area contributed by atoms with Gasteiger partial charge in [0.25, 0.3) is 11.1 Å². The monoisotopic (exact) mass is 435 g/mol. The van der Waals surface area contributed by atoms with E-state index in [9.17, 15) is 14.0 Å². The lowest BCUT2D eigenvalue weighted by molar-refractivity contribution is -0.115. The highest BCUT2D eigenvalue weighted by atomic mass is 32.2. The number of ether oxygens (including phenoxy) is 2. The Hall–Kier alpha value is -3.58. The van der Waals surface area contributed by atoms with Crippen LogP contribution in [-0.2, 0) is 18.0 Å². The summed E-state index contributed by atoms with van der Waals surface area (Å²) in [7, 11) is 0. The van der Waals surface area contributed by atoms with E-state index < -0.39 is 11.1 Å². The maximum Gasteiger partial charge on any atom is 0.290 e. The number of hydrogen-bond acceptors (Lipinski definition) is 5. The van der Waals surface area contributed by atoms with E-state index in [-0.39, 0.29) is 12.4 Å². The van der Waals surface area contributed by atoms with Crippen LogP contribution in [0.2, 0.25) is 0 Å². The number of hydrogen-bond donors (Lipinski definition) is 1. The Bertz CT molecular complexity index is 1130. The molecule has 1 N–H and O–H groups in total. The molecule has 1 aliphatic rings.